The molecule has 1 aromatic carbocycles. The van der Waals surface area contributed by atoms with Crippen molar-refractivity contribution < 1.29 is 4.39 Å². The van der Waals surface area contributed by atoms with Crippen LogP contribution < -0.4 is 5.32 Å². The van der Waals surface area contributed by atoms with E-state index in [4.69, 9.17) is 0 Å². The Labute approximate surface area is 107 Å². The second-order valence-corrected chi connectivity index (χ2v) is 4.48. The molecule has 4 heteroatoms. The second kappa shape index (κ2) is 5.78. The van der Waals surface area contributed by atoms with Crippen LogP contribution in [0, 0.1) is 12.7 Å². The van der Waals surface area contributed by atoms with Crippen LogP contribution in [-0.4, -0.2) is 16.3 Å². The summed E-state index contributed by atoms with van der Waals surface area (Å²) < 4.78 is 15.4. The Morgan fingerprint density at radius 1 is 1.39 bits per heavy atom. The number of hydrogen-bond donors (Lipinski definition) is 1. The molecular formula is C14H18FN3. The van der Waals surface area contributed by atoms with Gasteiger partial charge in [0, 0.05) is 24.3 Å². The van der Waals surface area contributed by atoms with E-state index in [-0.39, 0.29) is 11.9 Å². The molecular weight excluding hydrogens is 229 g/mol. The molecule has 0 saturated heterocycles. The van der Waals surface area contributed by atoms with Gasteiger partial charge in [0.1, 0.15) is 5.82 Å². The summed E-state index contributed by atoms with van der Waals surface area (Å²) >= 11 is 0. The molecule has 1 atom stereocenters. The molecule has 2 aromatic rings. The van der Waals surface area contributed by atoms with Crippen LogP contribution in [0.15, 0.2) is 36.7 Å². The van der Waals surface area contributed by atoms with Gasteiger partial charge in [0.25, 0.3) is 0 Å². The zero-order valence-corrected chi connectivity index (χ0v) is 10.7. The standard InChI is InChI=1S/C14H18FN3/c1-11-9-17-18(10-11)8-7-16-12(2)13-5-3-4-6-14(13)15/h3-6,9-10,12,16H,7-8H2,1-2H3. The maximum atomic E-state index is 13.5. The van der Waals surface area contributed by atoms with E-state index >= 15 is 0 Å². The van der Waals surface area contributed by atoms with Crippen molar-refractivity contribution >= 4 is 0 Å². The topological polar surface area (TPSA) is 29.9 Å². The molecule has 0 aliphatic heterocycles. The molecule has 1 N–H and O–H groups in total. The average Bonchev–Trinajstić information content (AvgIpc) is 2.75. The number of benzene rings is 1. The van der Waals surface area contributed by atoms with Crippen LogP contribution in [-0.2, 0) is 6.54 Å². The first-order valence-electron chi connectivity index (χ1n) is 6.13. The Bertz CT molecular complexity index is 507. The fourth-order valence-electron chi connectivity index (χ4n) is 1.92. The van der Waals surface area contributed by atoms with Crippen molar-refractivity contribution in [2.75, 3.05) is 6.54 Å². The quantitative estimate of drug-likeness (QED) is 0.880. The van der Waals surface area contributed by atoms with Gasteiger partial charge in [0.2, 0.25) is 0 Å². The monoisotopic (exact) mass is 247 g/mol. The molecule has 0 fully saturated rings. The number of rotatable bonds is 5. The van der Waals surface area contributed by atoms with Gasteiger partial charge in [-0.05, 0) is 25.5 Å². The molecule has 18 heavy (non-hydrogen) atoms. The normalized spacial score (nSPS) is 12.6. The van der Waals surface area contributed by atoms with E-state index in [1.54, 1.807) is 6.07 Å². The Morgan fingerprint density at radius 3 is 2.83 bits per heavy atom. The predicted octanol–water partition coefficient (Wildman–Crippen LogP) is 2.68. The Morgan fingerprint density at radius 2 is 2.17 bits per heavy atom. The minimum atomic E-state index is -0.160. The first kappa shape index (κ1) is 12.8. The third-order valence-electron chi connectivity index (χ3n) is 2.93. The lowest BCUT2D eigenvalue weighted by atomic mass is 10.1. The van der Waals surface area contributed by atoms with Gasteiger partial charge in [-0.3, -0.25) is 4.68 Å². The third kappa shape index (κ3) is 3.17. The van der Waals surface area contributed by atoms with E-state index in [2.05, 4.69) is 10.4 Å². The van der Waals surface area contributed by atoms with Crippen molar-refractivity contribution in [2.24, 2.45) is 0 Å². The van der Waals surface area contributed by atoms with Crippen LogP contribution in [0.1, 0.15) is 24.1 Å². The highest BCUT2D eigenvalue weighted by atomic mass is 19.1. The van der Waals surface area contributed by atoms with E-state index in [0.717, 1.165) is 18.7 Å². The van der Waals surface area contributed by atoms with Gasteiger partial charge in [0.05, 0.1) is 12.7 Å². The van der Waals surface area contributed by atoms with E-state index < -0.39 is 0 Å². The number of nitrogens with zero attached hydrogens (tertiary/aromatic N) is 2. The van der Waals surface area contributed by atoms with Crippen LogP contribution in [0.5, 0.6) is 0 Å². The molecule has 0 bridgehead atoms. The van der Waals surface area contributed by atoms with Crippen molar-refractivity contribution in [3.8, 4) is 0 Å². The largest absolute Gasteiger partial charge is 0.308 e. The molecule has 0 spiro atoms. The zero-order valence-electron chi connectivity index (χ0n) is 10.7. The first-order chi connectivity index (χ1) is 8.66. The average molecular weight is 247 g/mol. The van der Waals surface area contributed by atoms with Gasteiger partial charge in [-0.25, -0.2) is 4.39 Å². The minimum absolute atomic E-state index is 0.00265. The Balaban J connectivity index is 1.85. The number of hydrogen-bond acceptors (Lipinski definition) is 2. The second-order valence-electron chi connectivity index (χ2n) is 4.48. The Hall–Kier alpha value is -1.68. The summed E-state index contributed by atoms with van der Waals surface area (Å²) in [7, 11) is 0. The van der Waals surface area contributed by atoms with Gasteiger partial charge in [-0.2, -0.15) is 5.10 Å². The summed E-state index contributed by atoms with van der Waals surface area (Å²) in [5.74, 6) is -0.160. The lowest BCUT2D eigenvalue weighted by Crippen LogP contribution is -2.24. The first-order valence-corrected chi connectivity index (χ1v) is 6.13. The molecule has 96 valence electrons. The summed E-state index contributed by atoms with van der Waals surface area (Å²) in [6.45, 7) is 5.52. The molecule has 2 rings (SSSR count). The van der Waals surface area contributed by atoms with Crippen molar-refractivity contribution in [3.05, 3.63) is 53.6 Å². The van der Waals surface area contributed by atoms with Gasteiger partial charge in [-0.1, -0.05) is 18.2 Å². The van der Waals surface area contributed by atoms with E-state index in [9.17, 15) is 4.39 Å². The third-order valence-corrected chi connectivity index (χ3v) is 2.93. The highest BCUT2D eigenvalue weighted by molar-refractivity contribution is 5.20. The smallest absolute Gasteiger partial charge is 0.127 e. The molecule has 1 aromatic heterocycles. The number of aromatic nitrogens is 2. The predicted molar refractivity (Wildman–Crippen MR) is 69.8 cm³/mol. The molecule has 1 unspecified atom stereocenters. The lowest BCUT2D eigenvalue weighted by molar-refractivity contribution is 0.489. The maximum Gasteiger partial charge on any atom is 0.127 e. The Kier molecular flexibility index (Phi) is 4.10. The number of nitrogens with one attached hydrogen (secondary N) is 1. The molecule has 3 nitrogen and oxygen atoms in total. The van der Waals surface area contributed by atoms with Crippen LogP contribution in [0.3, 0.4) is 0 Å². The highest BCUT2D eigenvalue weighted by Gasteiger charge is 2.08. The van der Waals surface area contributed by atoms with Crippen LogP contribution in [0.25, 0.3) is 0 Å². The number of aryl methyl sites for hydroxylation is 1. The van der Waals surface area contributed by atoms with Crippen molar-refractivity contribution in [1.82, 2.24) is 15.1 Å². The molecule has 0 radical (unpaired) electrons. The summed E-state index contributed by atoms with van der Waals surface area (Å²) in [6.07, 6.45) is 3.83. The fraction of sp³-hybridized carbons (Fsp3) is 0.357. The van der Waals surface area contributed by atoms with E-state index in [0.29, 0.717) is 5.56 Å². The fourth-order valence-corrected chi connectivity index (χ4v) is 1.92. The van der Waals surface area contributed by atoms with Crippen molar-refractivity contribution in [2.45, 2.75) is 26.4 Å². The van der Waals surface area contributed by atoms with Gasteiger partial charge in [0.15, 0.2) is 0 Å². The van der Waals surface area contributed by atoms with E-state index in [1.807, 2.05) is 43.1 Å². The van der Waals surface area contributed by atoms with Crippen LogP contribution >= 0.6 is 0 Å². The minimum Gasteiger partial charge on any atom is -0.308 e. The highest BCUT2D eigenvalue weighted by Crippen LogP contribution is 2.15. The van der Waals surface area contributed by atoms with Crippen molar-refractivity contribution in [3.63, 3.8) is 0 Å². The molecule has 0 saturated carbocycles. The molecule has 0 aliphatic carbocycles. The molecule has 0 aliphatic rings. The zero-order chi connectivity index (χ0) is 13.0. The lowest BCUT2D eigenvalue weighted by Gasteiger charge is -2.14. The van der Waals surface area contributed by atoms with Gasteiger partial charge >= 0.3 is 0 Å². The molecule has 0 amide bonds. The summed E-state index contributed by atoms with van der Waals surface area (Å²) in [5.41, 5.74) is 1.85. The van der Waals surface area contributed by atoms with Crippen LogP contribution in [0.2, 0.25) is 0 Å². The maximum absolute atomic E-state index is 13.5. The van der Waals surface area contributed by atoms with Gasteiger partial charge in [-0.15, -0.1) is 0 Å². The van der Waals surface area contributed by atoms with Gasteiger partial charge < -0.3 is 5.32 Å². The summed E-state index contributed by atoms with van der Waals surface area (Å²) in [6, 6.07) is 6.86. The number of halogens is 1. The van der Waals surface area contributed by atoms with Crippen molar-refractivity contribution in [1.29, 1.82) is 0 Å². The summed E-state index contributed by atoms with van der Waals surface area (Å²) in [4.78, 5) is 0. The summed E-state index contributed by atoms with van der Waals surface area (Å²) in [5, 5.41) is 7.50. The SMILES string of the molecule is Cc1cnn(CCNC(C)c2ccccc2F)c1. The van der Waals surface area contributed by atoms with Crippen LogP contribution in [0.4, 0.5) is 4.39 Å². The molecule has 1 heterocycles. The van der Waals surface area contributed by atoms with E-state index in [1.165, 1.54) is 6.07 Å².